The maximum absolute atomic E-state index is 13.4. The van der Waals surface area contributed by atoms with E-state index in [0.717, 1.165) is 33.7 Å². The maximum Gasteiger partial charge on any atom is 0.231 e. The van der Waals surface area contributed by atoms with Crippen molar-refractivity contribution in [3.63, 3.8) is 0 Å². The summed E-state index contributed by atoms with van der Waals surface area (Å²) in [6.45, 7) is 2.37. The van der Waals surface area contributed by atoms with E-state index in [9.17, 15) is 4.39 Å². The van der Waals surface area contributed by atoms with Crippen molar-refractivity contribution in [3.05, 3.63) is 59.7 Å². The van der Waals surface area contributed by atoms with Gasteiger partial charge in [0, 0.05) is 11.4 Å². The Hall–Kier alpha value is -2.58. The van der Waals surface area contributed by atoms with E-state index in [4.69, 9.17) is 9.47 Å². The number of hydrogen-bond acceptors (Lipinski definition) is 5. The molecule has 0 aliphatic carbocycles. The number of thioether (sulfide) groups is 1. The average Bonchev–Trinajstić information content (AvgIpc) is 3.32. The molecule has 6 nitrogen and oxygen atoms in total. The van der Waals surface area contributed by atoms with Crippen LogP contribution < -0.4 is 14.4 Å². The van der Waals surface area contributed by atoms with Gasteiger partial charge >= 0.3 is 0 Å². The minimum absolute atomic E-state index is 0.137. The summed E-state index contributed by atoms with van der Waals surface area (Å²) in [4.78, 5) is 1.24. The molecule has 1 aliphatic rings. The van der Waals surface area contributed by atoms with Crippen molar-refractivity contribution < 1.29 is 18.8 Å². The van der Waals surface area contributed by atoms with Crippen LogP contribution in [0.3, 0.4) is 0 Å². The van der Waals surface area contributed by atoms with Crippen molar-refractivity contribution in [2.45, 2.75) is 23.9 Å². The van der Waals surface area contributed by atoms with Crippen molar-refractivity contribution in [2.24, 2.45) is 0 Å². The molecule has 8 heteroatoms. The van der Waals surface area contributed by atoms with Gasteiger partial charge in [0.2, 0.25) is 6.79 Å². The van der Waals surface area contributed by atoms with Crippen molar-refractivity contribution in [3.8, 4) is 17.2 Å². The second kappa shape index (κ2) is 7.81. The van der Waals surface area contributed by atoms with Crippen LogP contribution in [-0.4, -0.2) is 35.7 Å². The first-order chi connectivity index (χ1) is 13.5. The van der Waals surface area contributed by atoms with Crippen LogP contribution in [0, 0.1) is 5.82 Å². The zero-order chi connectivity index (χ0) is 19.7. The summed E-state index contributed by atoms with van der Waals surface area (Å²) in [6, 6.07) is 12.5. The number of nitrogens with one attached hydrogen (secondary N) is 1. The van der Waals surface area contributed by atoms with Gasteiger partial charge in [-0.1, -0.05) is 17.8 Å². The monoisotopic (exact) mass is 401 g/mol. The molecule has 0 radical (unpaired) electrons. The summed E-state index contributed by atoms with van der Waals surface area (Å²) >= 11 is 1.58. The van der Waals surface area contributed by atoms with Gasteiger partial charge in [-0.05, 0) is 48.9 Å². The van der Waals surface area contributed by atoms with E-state index in [1.165, 1.54) is 17.0 Å². The SMILES string of the molecule is C[C@@H](c1nnc(SCc2ccc3c(c2)OCO3)n1-c1ccc(F)cc1)[NH+](C)C. The normalized spacial score (nSPS) is 13.9. The van der Waals surface area contributed by atoms with Crippen LogP contribution in [0.4, 0.5) is 4.39 Å². The van der Waals surface area contributed by atoms with Gasteiger partial charge in [0.15, 0.2) is 22.5 Å². The van der Waals surface area contributed by atoms with Crippen LogP contribution in [0.5, 0.6) is 11.5 Å². The zero-order valence-corrected chi connectivity index (χ0v) is 16.8. The molecule has 2 aromatic carbocycles. The summed E-state index contributed by atoms with van der Waals surface area (Å²) in [6.07, 6.45) is 0. The van der Waals surface area contributed by atoms with E-state index < -0.39 is 0 Å². The molecular formula is C20H22FN4O2S+. The third-order valence-corrected chi connectivity index (χ3v) is 5.80. The van der Waals surface area contributed by atoms with Gasteiger partial charge in [-0.25, -0.2) is 4.39 Å². The highest BCUT2D eigenvalue weighted by Crippen LogP contribution is 2.34. The Labute approximate surface area is 167 Å². The van der Waals surface area contributed by atoms with Crippen LogP contribution in [0.2, 0.25) is 0 Å². The number of aromatic nitrogens is 3. The number of rotatable bonds is 6. The number of ether oxygens (including phenoxy) is 2. The molecule has 0 fully saturated rings. The van der Waals surface area contributed by atoms with Crippen LogP contribution in [-0.2, 0) is 5.75 Å². The van der Waals surface area contributed by atoms with E-state index in [1.54, 1.807) is 23.9 Å². The molecule has 3 aromatic rings. The molecule has 0 saturated heterocycles. The lowest BCUT2D eigenvalue weighted by atomic mass is 10.2. The first-order valence-electron chi connectivity index (χ1n) is 9.05. The second-order valence-electron chi connectivity index (χ2n) is 6.93. The van der Waals surface area contributed by atoms with Crippen molar-refractivity contribution in [1.29, 1.82) is 0 Å². The predicted molar refractivity (Wildman–Crippen MR) is 105 cm³/mol. The Bertz CT molecular complexity index is 975. The number of hydrogen-bond donors (Lipinski definition) is 1. The highest BCUT2D eigenvalue weighted by atomic mass is 32.2. The van der Waals surface area contributed by atoms with Crippen LogP contribution >= 0.6 is 11.8 Å². The summed E-state index contributed by atoms with van der Waals surface area (Å²) in [5.41, 5.74) is 1.96. The van der Waals surface area contributed by atoms with E-state index >= 15 is 0 Å². The Morgan fingerprint density at radius 3 is 2.61 bits per heavy atom. The number of benzene rings is 2. The first kappa shape index (κ1) is 18.8. The molecule has 0 saturated carbocycles. The topological polar surface area (TPSA) is 53.6 Å². The fraction of sp³-hybridized carbons (Fsp3) is 0.300. The van der Waals surface area contributed by atoms with Gasteiger partial charge in [0.25, 0.3) is 0 Å². The van der Waals surface area contributed by atoms with Gasteiger partial charge in [-0.2, -0.15) is 0 Å². The van der Waals surface area contributed by atoms with Crippen LogP contribution in [0.15, 0.2) is 47.6 Å². The lowest BCUT2D eigenvalue weighted by Crippen LogP contribution is -3.05. The van der Waals surface area contributed by atoms with E-state index in [-0.39, 0.29) is 18.7 Å². The molecule has 0 bridgehead atoms. The molecule has 0 unspecified atom stereocenters. The Morgan fingerprint density at radius 1 is 1.11 bits per heavy atom. The largest absolute Gasteiger partial charge is 0.454 e. The van der Waals surface area contributed by atoms with Gasteiger partial charge in [-0.15, -0.1) is 10.2 Å². The van der Waals surface area contributed by atoms with Crippen molar-refractivity contribution in [1.82, 2.24) is 14.8 Å². The molecule has 0 spiro atoms. The van der Waals surface area contributed by atoms with E-state index in [0.29, 0.717) is 5.75 Å². The maximum atomic E-state index is 13.4. The molecule has 4 rings (SSSR count). The van der Waals surface area contributed by atoms with Crippen molar-refractivity contribution in [2.75, 3.05) is 20.9 Å². The first-order valence-corrected chi connectivity index (χ1v) is 10.0. The minimum atomic E-state index is -0.265. The Balaban J connectivity index is 1.63. The molecular weight excluding hydrogens is 379 g/mol. The summed E-state index contributed by atoms with van der Waals surface area (Å²) < 4.78 is 26.3. The second-order valence-corrected chi connectivity index (χ2v) is 7.87. The smallest absolute Gasteiger partial charge is 0.231 e. The van der Waals surface area contributed by atoms with Crippen LogP contribution in [0.25, 0.3) is 5.69 Å². The fourth-order valence-electron chi connectivity index (χ4n) is 2.92. The molecule has 1 N–H and O–H groups in total. The summed E-state index contributed by atoms with van der Waals surface area (Å²) in [5.74, 6) is 2.83. The molecule has 2 heterocycles. The third kappa shape index (κ3) is 3.70. The fourth-order valence-corrected chi connectivity index (χ4v) is 3.83. The van der Waals surface area contributed by atoms with E-state index in [2.05, 4.69) is 31.2 Å². The van der Waals surface area contributed by atoms with Gasteiger partial charge in [0.05, 0.1) is 14.1 Å². The quantitative estimate of drug-likeness (QED) is 0.644. The molecule has 1 atom stereocenters. The molecule has 28 heavy (non-hydrogen) atoms. The third-order valence-electron chi connectivity index (χ3n) is 4.80. The number of nitrogens with zero attached hydrogens (tertiary/aromatic N) is 3. The standard InChI is InChI=1S/C20H21FN4O2S/c1-13(24(2)3)19-22-23-20(25(19)16-7-5-15(21)6-8-16)28-11-14-4-9-17-18(10-14)27-12-26-17/h4-10,13H,11-12H2,1-3H3/p+1/t13-/m0/s1. The molecule has 0 amide bonds. The van der Waals surface area contributed by atoms with Crippen molar-refractivity contribution >= 4 is 11.8 Å². The summed E-state index contributed by atoms with van der Waals surface area (Å²) in [7, 11) is 4.15. The lowest BCUT2D eigenvalue weighted by molar-refractivity contribution is -0.890. The number of fused-ring (bicyclic) bond motifs is 1. The number of halogens is 1. The lowest BCUT2D eigenvalue weighted by Gasteiger charge is -2.18. The Kier molecular flexibility index (Phi) is 5.23. The highest BCUT2D eigenvalue weighted by Gasteiger charge is 2.23. The minimum Gasteiger partial charge on any atom is -0.454 e. The summed E-state index contributed by atoms with van der Waals surface area (Å²) in [5, 5.41) is 9.63. The highest BCUT2D eigenvalue weighted by molar-refractivity contribution is 7.98. The van der Waals surface area contributed by atoms with Gasteiger partial charge < -0.3 is 14.4 Å². The van der Waals surface area contributed by atoms with Gasteiger partial charge in [0.1, 0.15) is 11.9 Å². The molecule has 1 aromatic heterocycles. The molecule has 1 aliphatic heterocycles. The average molecular weight is 401 g/mol. The molecule has 146 valence electrons. The zero-order valence-electron chi connectivity index (χ0n) is 16.0. The van der Waals surface area contributed by atoms with Gasteiger partial charge in [-0.3, -0.25) is 4.57 Å². The van der Waals surface area contributed by atoms with E-state index in [1.807, 2.05) is 22.8 Å². The predicted octanol–water partition coefficient (Wildman–Crippen LogP) is 2.63. The number of quaternary nitrogens is 1. The Morgan fingerprint density at radius 2 is 1.86 bits per heavy atom. The van der Waals surface area contributed by atoms with Crippen LogP contribution in [0.1, 0.15) is 24.4 Å².